The number of hydrogen-bond donors (Lipinski definition) is 0. The number of aromatic nitrogens is 4. The zero-order valence-electron chi connectivity index (χ0n) is 12.3. The molecular formula is C14H20N4O2. The molecule has 0 amide bonds. The van der Waals surface area contributed by atoms with E-state index in [0.717, 1.165) is 23.2 Å². The van der Waals surface area contributed by atoms with Crippen molar-refractivity contribution in [1.29, 1.82) is 0 Å². The quantitative estimate of drug-likeness (QED) is 0.829. The summed E-state index contributed by atoms with van der Waals surface area (Å²) in [6, 6.07) is 5.84. The number of hydrogen-bond acceptors (Lipinski definition) is 4. The van der Waals surface area contributed by atoms with Crippen LogP contribution in [0.3, 0.4) is 0 Å². The van der Waals surface area contributed by atoms with Gasteiger partial charge in [0, 0.05) is 12.6 Å². The molecule has 0 saturated heterocycles. The van der Waals surface area contributed by atoms with Crippen LogP contribution in [0.5, 0.6) is 0 Å². The molecule has 1 aromatic heterocycles. The van der Waals surface area contributed by atoms with Crippen LogP contribution in [0.25, 0.3) is 5.69 Å². The average molecular weight is 276 g/mol. The minimum absolute atomic E-state index is 0.131. The molecule has 0 radical (unpaired) electrons. The molecule has 0 bridgehead atoms. The zero-order valence-corrected chi connectivity index (χ0v) is 12.3. The molecule has 0 aliphatic heterocycles. The topological polar surface area (TPSA) is 61.9 Å². The highest BCUT2D eigenvalue weighted by molar-refractivity contribution is 5.45. The summed E-state index contributed by atoms with van der Waals surface area (Å²) in [5.74, 6) is 0. The molecule has 1 aromatic carbocycles. The van der Waals surface area contributed by atoms with Gasteiger partial charge in [0.15, 0.2) is 0 Å². The lowest BCUT2D eigenvalue weighted by Crippen LogP contribution is -2.23. The lowest BCUT2D eigenvalue weighted by Gasteiger charge is -2.14. The molecule has 20 heavy (non-hydrogen) atoms. The predicted octanol–water partition coefficient (Wildman–Crippen LogP) is 1.45. The van der Waals surface area contributed by atoms with Gasteiger partial charge in [0.1, 0.15) is 0 Å². The number of benzene rings is 1. The minimum Gasteiger partial charge on any atom is -0.374 e. The Morgan fingerprint density at radius 2 is 2.05 bits per heavy atom. The molecule has 0 aliphatic carbocycles. The van der Waals surface area contributed by atoms with Crippen LogP contribution in [-0.4, -0.2) is 25.9 Å². The van der Waals surface area contributed by atoms with Gasteiger partial charge in [0.05, 0.1) is 18.4 Å². The first-order chi connectivity index (χ1) is 9.54. The summed E-state index contributed by atoms with van der Waals surface area (Å²) in [6.07, 6.45) is 1.01. The third-order valence-corrected chi connectivity index (χ3v) is 3.14. The normalized spacial score (nSPS) is 11.2. The molecule has 0 fully saturated rings. The highest BCUT2D eigenvalue weighted by atomic mass is 16.5. The monoisotopic (exact) mass is 276 g/mol. The van der Waals surface area contributed by atoms with E-state index in [2.05, 4.69) is 17.4 Å². The van der Waals surface area contributed by atoms with Crippen LogP contribution < -0.4 is 5.69 Å². The second-order valence-corrected chi connectivity index (χ2v) is 4.92. The fraction of sp³-hybridized carbons (Fsp3) is 0.500. The summed E-state index contributed by atoms with van der Waals surface area (Å²) < 4.78 is 8.24. The lowest BCUT2D eigenvalue weighted by molar-refractivity contribution is 0.0652. The summed E-state index contributed by atoms with van der Waals surface area (Å²) >= 11 is 0. The maximum absolute atomic E-state index is 12.0. The molecular weight excluding hydrogens is 256 g/mol. The van der Waals surface area contributed by atoms with E-state index in [-0.39, 0.29) is 11.8 Å². The first kappa shape index (κ1) is 14.5. The number of rotatable bonds is 5. The summed E-state index contributed by atoms with van der Waals surface area (Å²) in [5, 5.41) is 7.67. The summed E-state index contributed by atoms with van der Waals surface area (Å²) in [4.78, 5) is 12.0. The highest BCUT2D eigenvalue weighted by Crippen LogP contribution is 2.19. The van der Waals surface area contributed by atoms with Crippen molar-refractivity contribution in [2.45, 2.75) is 39.9 Å². The fourth-order valence-corrected chi connectivity index (χ4v) is 2.03. The van der Waals surface area contributed by atoms with Gasteiger partial charge in [-0.2, -0.15) is 9.36 Å². The highest BCUT2D eigenvalue weighted by Gasteiger charge is 2.14. The Balaban J connectivity index is 2.52. The Bertz CT molecular complexity index is 643. The van der Waals surface area contributed by atoms with E-state index in [9.17, 15) is 4.79 Å². The number of aryl methyl sites for hydroxylation is 2. The van der Waals surface area contributed by atoms with Gasteiger partial charge in [-0.3, -0.25) is 0 Å². The van der Waals surface area contributed by atoms with Crippen LogP contribution in [0.2, 0.25) is 0 Å². The van der Waals surface area contributed by atoms with Gasteiger partial charge in [-0.1, -0.05) is 19.1 Å². The van der Waals surface area contributed by atoms with E-state index in [4.69, 9.17) is 4.74 Å². The van der Waals surface area contributed by atoms with Gasteiger partial charge in [0.25, 0.3) is 0 Å². The smallest absolute Gasteiger partial charge is 0.368 e. The number of ether oxygens (including phenoxy) is 1. The second-order valence-electron chi connectivity index (χ2n) is 4.92. The van der Waals surface area contributed by atoms with Gasteiger partial charge in [0.2, 0.25) is 0 Å². The third kappa shape index (κ3) is 2.80. The van der Waals surface area contributed by atoms with Crippen molar-refractivity contribution in [2.75, 3.05) is 0 Å². The Kier molecular flexibility index (Phi) is 4.34. The van der Waals surface area contributed by atoms with E-state index in [1.165, 1.54) is 9.36 Å². The van der Waals surface area contributed by atoms with Gasteiger partial charge >= 0.3 is 5.69 Å². The van der Waals surface area contributed by atoms with E-state index in [0.29, 0.717) is 6.61 Å². The van der Waals surface area contributed by atoms with Gasteiger partial charge in [-0.15, -0.1) is 0 Å². The third-order valence-electron chi connectivity index (χ3n) is 3.14. The molecule has 6 heteroatoms. The maximum Gasteiger partial charge on any atom is 0.368 e. The Labute approximate surface area is 118 Å². The van der Waals surface area contributed by atoms with Crippen molar-refractivity contribution in [3.05, 3.63) is 39.8 Å². The summed E-state index contributed by atoms with van der Waals surface area (Å²) in [7, 11) is 1.58. The predicted molar refractivity (Wildman–Crippen MR) is 75.9 cm³/mol. The number of tetrazole rings is 1. The molecule has 0 saturated carbocycles. The van der Waals surface area contributed by atoms with Crippen LogP contribution >= 0.6 is 0 Å². The van der Waals surface area contributed by atoms with E-state index < -0.39 is 0 Å². The molecule has 6 nitrogen and oxygen atoms in total. The largest absolute Gasteiger partial charge is 0.374 e. The molecule has 0 atom stereocenters. The SMILES string of the molecule is CCc1cccc(-n2nnn(C)c2=O)c1COC(C)C. The Morgan fingerprint density at radius 1 is 1.30 bits per heavy atom. The maximum atomic E-state index is 12.0. The van der Waals surface area contributed by atoms with Crippen molar-refractivity contribution in [3.8, 4) is 5.69 Å². The summed E-state index contributed by atoms with van der Waals surface area (Å²) in [5.41, 5.74) is 2.62. The van der Waals surface area contributed by atoms with Crippen molar-refractivity contribution >= 4 is 0 Å². The molecule has 0 N–H and O–H groups in total. The summed E-state index contributed by atoms with van der Waals surface area (Å²) in [6.45, 7) is 6.52. The molecule has 2 aromatic rings. The lowest BCUT2D eigenvalue weighted by atomic mass is 10.0. The van der Waals surface area contributed by atoms with Gasteiger partial charge in [-0.25, -0.2) is 4.79 Å². The number of nitrogens with zero attached hydrogens (tertiary/aromatic N) is 4. The van der Waals surface area contributed by atoms with Crippen LogP contribution in [0.4, 0.5) is 0 Å². The van der Waals surface area contributed by atoms with Crippen molar-refractivity contribution in [3.63, 3.8) is 0 Å². The van der Waals surface area contributed by atoms with Crippen LogP contribution in [0.15, 0.2) is 23.0 Å². The van der Waals surface area contributed by atoms with E-state index >= 15 is 0 Å². The molecule has 0 unspecified atom stereocenters. The second kappa shape index (κ2) is 6.00. The molecule has 1 heterocycles. The molecule has 108 valence electrons. The van der Waals surface area contributed by atoms with Crippen molar-refractivity contribution < 1.29 is 4.74 Å². The van der Waals surface area contributed by atoms with Crippen molar-refractivity contribution in [2.24, 2.45) is 7.05 Å². The minimum atomic E-state index is -0.260. The first-order valence-corrected chi connectivity index (χ1v) is 6.76. The van der Waals surface area contributed by atoms with Crippen molar-refractivity contribution in [1.82, 2.24) is 19.8 Å². The van der Waals surface area contributed by atoms with Gasteiger partial charge in [-0.05, 0) is 42.3 Å². The zero-order chi connectivity index (χ0) is 14.7. The van der Waals surface area contributed by atoms with E-state index in [1.54, 1.807) is 7.05 Å². The first-order valence-electron chi connectivity index (χ1n) is 6.76. The standard InChI is InChI=1S/C14H20N4O2/c1-5-11-7-6-8-13(12(11)9-20-10(2)3)18-14(19)17(4)15-16-18/h6-8,10H,5,9H2,1-4H3. The Morgan fingerprint density at radius 3 is 2.60 bits per heavy atom. The van der Waals surface area contributed by atoms with E-state index in [1.807, 2.05) is 32.0 Å². The van der Waals surface area contributed by atoms with Gasteiger partial charge < -0.3 is 4.74 Å². The van der Waals surface area contributed by atoms with Crippen LogP contribution in [0, 0.1) is 0 Å². The molecule has 0 aliphatic rings. The van der Waals surface area contributed by atoms with Crippen LogP contribution in [-0.2, 0) is 24.8 Å². The average Bonchev–Trinajstić information content (AvgIpc) is 2.76. The molecule has 2 rings (SSSR count). The molecule has 0 spiro atoms. The van der Waals surface area contributed by atoms with Crippen LogP contribution in [0.1, 0.15) is 31.9 Å². The Hall–Kier alpha value is -1.95. The fourth-order valence-electron chi connectivity index (χ4n) is 2.03.